The average molecular weight is 318 g/mol. The Hall–Kier alpha value is -2.04. The summed E-state index contributed by atoms with van der Waals surface area (Å²) in [6, 6.07) is 7.93. The fraction of sp³-hybridized carbons (Fsp3) is 0.556. The van der Waals surface area contributed by atoms with Gasteiger partial charge in [0.2, 0.25) is 5.91 Å². The Labute approximate surface area is 138 Å². The fourth-order valence-electron chi connectivity index (χ4n) is 2.35. The number of nitrogens with one attached hydrogen (secondary N) is 1. The van der Waals surface area contributed by atoms with Crippen molar-refractivity contribution in [3.63, 3.8) is 0 Å². The third-order valence-corrected chi connectivity index (χ3v) is 3.92. The van der Waals surface area contributed by atoms with Crippen LogP contribution in [0.4, 0.5) is 10.5 Å². The first kappa shape index (κ1) is 17.3. The maximum atomic E-state index is 12.0. The van der Waals surface area contributed by atoms with Gasteiger partial charge in [-0.3, -0.25) is 9.69 Å². The molecule has 0 radical (unpaired) electrons. The number of benzene rings is 1. The number of ether oxygens (including phenoxy) is 1. The molecule has 0 bridgehead atoms. The fourth-order valence-corrected chi connectivity index (χ4v) is 2.35. The van der Waals surface area contributed by atoms with Crippen LogP contribution in [0.3, 0.4) is 0 Å². The van der Waals surface area contributed by atoms with Crippen LogP contribution in [-0.2, 0) is 9.53 Å². The van der Waals surface area contributed by atoms with E-state index >= 15 is 0 Å². The van der Waals surface area contributed by atoms with E-state index in [1.165, 1.54) is 5.56 Å². The van der Waals surface area contributed by atoms with E-state index in [-0.39, 0.29) is 18.1 Å². The Morgan fingerprint density at radius 2 is 1.91 bits per heavy atom. The van der Waals surface area contributed by atoms with Crippen molar-refractivity contribution in [1.29, 1.82) is 0 Å². The maximum Gasteiger partial charge on any atom is 0.414 e. The molecular formula is C18H26N2O3. The number of cyclic esters (lactones) is 1. The molecule has 2 rings (SSSR count). The van der Waals surface area contributed by atoms with Crippen LogP contribution in [0.1, 0.15) is 46.1 Å². The summed E-state index contributed by atoms with van der Waals surface area (Å²) in [7, 11) is 0. The lowest BCUT2D eigenvalue weighted by molar-refractivity contribution is -0.128. The molecule has 0 saturated carbocycles. The second-order valence-corrected chi connectivity index (χ2v) is 7.32. The summed E-state index contributed by atoms with van der Waals surface area (Å²) < 4.78 is 5.34. The monoisotopic (exact) mass is 318 g/mol. The van der Waals surface area contributed by atoms with Gasteiger partial charge in [0.05, 0.1) is 13.1 Å². The molecule has 1 unspecified atom stereocenters. The van der Waals surface area contributed by atoms with Crippen LogP contribution in [-0.4, -0.2) is 31.2 Å². The normalized spacial score (nSPS) is 18.3. The Balaban J connectivity index is 1.96. The van der Waals surface area contributed by atoms with Crippen molar-refractivity contribution in [2.24, 2.45) is 5.41 Å². The van der Waals surface area contributed by atoms with Gasteiger partial charge in [-0.15, -0.1) is 0 Å². The van der Waals surface area contributed by atoms with Crippen LogP contribution in [0.2, 0.25) is 0 Å². The molecule has 1 aliphatic heterocycles. The average Bonchev–Trinajstić information content (AvgIpc) is 2.85. The van der Waals surface area contributed by atoms with Gasteiger partial charge in [0.15, 0.2) is 0 Å². The van der Waals surface area contributed by atoms with Crippen LogP contribution in [0.15, 0.2) is 24.3 Å². The molecule has 1 atom stereocenters. The van der Waals surface area contributed by atoms with E-state index in [0.717, 1.165) is 5.69 Å². The van der Waals surface area contributed by atoms with Crippen molar-refractivity contribution < 1.29 is 14.3 Å². The number of hydrogen-bond donors (Lipinski definition) is 1. The molecule has 1 aromatic rings. The number of anilines is 1. The van der Waals surface area contributed by atoms with Crippen molar-refractivity contribution in [3.05, 3.63) is 29.8 Å². The van der Waals surface area contributed by atoms with E-state index in [1.54, 1.807) is 4.90 Å². The molecule has 1 heterocycles. The van der Waals surface area contributed by atoms with Gasteiger partial charge in [-0.2, -0.15) is 0 Å². The van der Waals surface area contributed by atoms with Gasteiger partial charge in [-0.05, 0) is 23.6 Å². The highest BCUT2D eigenvalue weighted by Gasteiger charge is 2.33. The zero-order chi connectivity index (χ0) is 17.2. The lowest BCUT2D eigenvalue weighted by Crippen LogP contribution is -2.40. The lowest BCUT2D eigenvalue weighted by atomic mass is 9.96. The largest absolute Gasteiger partial charge is 0.442 e. The summed E-state index contributed by atoms with van der Waals surface area (Å²) >= 11 is 0. The van der Waals surface area contributed by atoms with E-state index in [2.05, 4.69) is 19.2 Å². The number of hydrogen-bond acceptors (Lipinski definition) is 3. The summed E-state index contributed by atoms with van der Waals surface area (Å²) in [5, 5.41) is 2.84. The van der Waals surface area contributed by atoms with Crippen LogP contribution in [0.25, 0.3) is 0 Å². The molecule has 126 valence electrons. The Kier molecular flexibility index (Phi) is 4.97. The van der Waals surface area contributed by atoms with Crippen LogP contribution in [0.5, 0.6) is 0 Å². The molecular weight excluding hydrogens is 292 g/mol. The molecule has 1 aliphatic rings. The number of carbonyl (C=O) groups excluding carboxylic acids is 2. The maximum absolute atomic E-state index is 12.0. The Morgan fingerprint density at radius 1 is 1.30 bits per heavy atom. The summed E-state index contributed by atoms with van der Waals surface area (Å²) in [4.78, 5) is 25.5. The molecule has 1 N–H and O–H groups in total. The second-order valence-electron chi connectivity index (χ2n) is 7.32. The van der Waals surface area contributed by atoms with Gasteiger partial charge < -0.3 is 10.1 Å². The predicted octanol–water partition coefficient (Wildman–Crippen LogP) is 3.30. The van der Waals surface area contributed by atoms with E-state index in [0.29, 0.717) is 19.0 Å². The van der Waals surface area contributed by atoms with Gasteiger partial charge in [-0.25, -0.2) is 4.79 Å². The zero-order valence-electron chi connectivity index (χ0n) is 14.6. The standard InChI is InChI=1S/C18H26N2O3/c1-12(2)13-6-8-14(9-7-13)20-11-15(23-17(20)22)10-19-16(21)18(3,4)5/h6-9,12,15H,10-11H2,1-5H3,(H,19,21). The molecule has 5 nitrogen and oxygen atoms in total. The van der Waals surface area contributed by atoms with E-state index in [1.807, 2.05) is 45.0 Å². The minimum atomic E-state index is -0.449. The topological polar surface area (TPSA) is 58.6 Å². The predicted molar refractivity (Wildman–Crippen MR) is 90.6 cm³/mol. The molecule has 2 amide bonds. The van der Waals surface area contributed by atoms with Crippen molar-refractivity contribution in [2.45, 2.75) is 46.6 Å². The molecule has 5 heteroatoms. The van der Waals surface area contributed by atoms with Gasteiger partial charge in [0, 0.05) is 11.1 Å². The molecule has 0 aliphatic carbocycles. The summed E-state index contributed by atoms with van der Waals surface area (Å²) in [5.41, 5.74) is 1.61. The van der Waals surface area contributed by atoms with Crippen LogP contribution >= 0.6 is 0 Å². The third-order valence-electron chi connectivity index (χ3n) is 3.92. The highest BCUT2D eigenvalue weighted by molar-refractivity contribution is 5.90. The Morgan fingerprint density at radius 3 is 2.43 bits per heavy atom. The minimum absolute atomic E-state index is 0.0479. The quantitative estimate of drug-likeness (QED) is 0.926. The van der Waals surface area contributed by atoms with Crippen molar-refractivity contribution in [3.8, 4) is 0 Å². The summed E-state index contributed by atoms with van der Waals surface area (Å²) in [6.45, 7) is 10.6. The first-order valence-corrected chi connectivity index (χ1v) is 8.05. The highest BCUT2D eigenvalue weighted by atomic mass is 16.6. The van der Waals surface area contributed by atoms with Gasteiger partial charge in [0.25, 0.3) is 0 Å². The molecule has 0 spiro atoms. The number of rotatable bonds is 4. The van der Waals surface area contributed by atoms with Crippen LogP contribution < -0.4 is 10.2 Å². The minimum Gasteiger partial charge on any atom is -0.442 e. The molecule has 1 saturated heterocycles. The van der Waals surface area contributed by atoms with Crippen LogP contribution in [0, 0.1) is 5.41 Å². The smallest absolute Gasteiger partial charge is 0.414 e. The number of amides is 2. The highest BCUT2D eigenvalue weighted by Crippen LogP contribution is 2.24. The number of nitrogens with zero attached hydrogens (tertiary/aromatic N) is 1. The van der Waals surface area contributed by atoms with Gasteiger partial charge in [0.1, 0.15) is 6.10 Å². The summed E-state index contributed by atoms with van der Waals surface area (Å²) in [6.07, 6.45) is -0.684. The summed E-state index contributed by atoms with van der Waals surface area (Å²) in [5.74, 6) is 0.406. The molecule has 0 aromatic heterocycles. The second kappa shape index (κ2) is 6.60. The van der Waals surface area contributed by atoms with Crippen molar-refractivity contribution in [1.82, 2.24) is 5.32 Å². The SMILES string of the molecule is CC(C)c1ccc(N2CC(CNC(=O)C(C)(C)C)OC2=O)cc1. The first-order valence-electron chi connectivity index (χ1n) is 8.05. The third kappa shape index (κ3) is 4.24. The molecule has 23 heavy (non-hydrogen) atoms. The van der Waals surface area contributed by atoms with Crippen molar-refractivity contribution >= 4 is 17.7 Å². The number of carbonyl (C=O) groups is 2. The lowest BCUT2D eigenvalue weighted by Gasteiger charge is -2.19. The van der Waals surface area contributed by atoms with Gasteiger partial charge in [-0.1, -0.05) is 46.8 Å². The zero-order valence-corrected chi connectivity index (χ0v) is 14.6. The van der Waals surface area contributed by atoms with E-state index < -0.39 is 5.41 Å². The molecule has 1 fully saturated rings. The van der Waals surface area contributed by atoms with Crippen molar-refractivity contribution in [2.75, 3.05) is 18.0 Å². The molecule has 1 aromatic carbocycles. The van der Waals surface area contributed by atoms with E-state index in [4.69, 9.17) is 4.74 Å². The van der Waals surface area contributed by atoms with E-state index in [9.17, 15) is 9.59 Å². The first-order chi connectivity index (χ1) is 10.7. The van der Waals surface area contributed by atoms with Gasteiger partial charge >= 0.3 is 6.09 Å². The Bertz CT molecular complexity index is 573.